The van der Waals surface area contributed by atoms with Crippen molar-refractivity contribution in [1.29, 1.82) is 0 Å². The van der Waals surface area contributed by atoms with E-state index < -0.39 is 10.0 Å². The second kappa shape index (κ2) is 11.6. The van der Waals surface area contributed by atoms with Crippen LogP contribution in [0.5, 0.6) is 5.75 Å². The topological polar surface area (TPSA) is 75.7 Å². The number of carbonyl (C=O) groups is 1. The summed E-state index contributed by atoms with van der Waals surface area (Å²) in [6.45, 7) is 4.36. The zero-order chi connectivity index (χ0) is 28.2. The predicted molar refractivity (Wildman–Crippen MR) is 158 cm³/mol. The zero-order valence-electron chi connectivity index (χ0n) is 22.8. The lowest BCUT2D eigenvalue weighted by Crippen LogP contribution is -2.44. The molecule has 4 aromatic carbocycles. The van der Waals surface area contributed by atoms with E-state index in [2.05, 4.69) is 19.2 Å². The quantitative estimate of drug-likeness (QED) is 0.244. The third-order valence-corrected chi connectivity index (χ3v) is 9.50. The van der Waals surface area contributed by atoms with E-state index >= 15 is 0 Å². The van der Waals surface area contributed by atoms with Gasteiger partial charge >= 0.3 is 0 Å². The van der Waals surface area contributed by atoms with Gasteiger partial charge in [0.2, 0.25) is 0 Å². The highest BCUT2D eigenvalue weighted by atomic mass is 32.2. The Bertz CT molecular complexity index is 1550. The Labute approximate surface area is 236 Å². The molecule has 1 aliphatic heterocycles. The van der Waals surface area contributed by atoms with E-state index in [1.54, 1.807) is 54.6 Å². The Morgan fingerprint density at radius 1 is 0.850 bits per heavy atom. The lowest BCUT2D eigenvalue weighted by Gasteiger charge is -2.41. The van der Waals surface area contributed by atoms with Crippen LogP contribution in [0.15, 0.2) is 114 Å². The molecule has 0 bridgehead atoms. The summed E-state index contributed by atoms with van der Waals surface area (Å²) in [5.41, 5.74) is 2.52. The molecule has 1 atom stereocenters. The summed E-state index contributed by atoms with van der Waals surface area (Å²) >= 11 is 0. The number of nitrogens with one attached hydrogen (secondary N) is 1. The monoisotopic (exact) mass is 554 g/mol. The molecule has 5 rings (SSSR count). The molecule has 206 valence electrons. The van der Waals surface area contributed by atoms with E-state index in [0.29, 0.717) is 17.7 Å². The van der Waals surface area contributed by atoms with Gasteiger partial charge in [-0.25, -0.2) is 8.42 Å². The van der Waals surface area contributed by atoms with E-state index in [4.69, 9.17) is 4.74 Å². The maximum absolute atomic E-state index is 13.6. The first-order chi connectivity index (χ1) is 19.3. The van der Waals surface area contributed by atoms with Crippen molar-refractivity contribution in [2.24, 2.45) is 0 Å². The summed E-state index contributed by atoms with van der Waals surface area (Å²) in [4.78, 5) is 13.6. The second-order valence-corrected chi connectivity index (χ2v) is 12.0. The molecule has 0 saturated heterocycles. The number of anilines is 1. The Balaban J connectivity index is 1.37. The highest BCUT2D eigenvalue weighted by Crippen LogP contribution is 2.42. The zero-order valence-corrected chi connectivity index (χ0v) is 23.6. The molecular weight excluding hydrogens is 520 g/mol. The first-order valence-corrected chi connectivity index (χ1v) is 15.1. The van der Waals surface area contributed by atoms with Crippen LogP contribution in [-0.4, -0.2) is 19.9 Å². The fourth-order valence-electron chi connectivity index (χ4n) is 5.23. The van der Waals surface area contributed by atoms with E-state index in [1.165, 1.54) is 4.31 Å². The van der Waals surface area contributed by atoms with Gasteiger partial charge in [-0.2, -0.15) is 0 Å². The van der Waals surface area contributed by atoms with Crippen molar-refractivity contribution in [3.05, 3.63) is 126 Å². The van der Waals surface area contributed by atoms with Crippen molar-refractivity contribution in [2.45, 2.75) is 56.2 Å². The average molecular weight is 555 g/mol. The summed E-state index contributed by atoms with van der Waals surface area (Å²) in [7, 11) is -3.80. The van der Waals surface area contributed by atoms with Gasteiger partial charge in [-0.1, -0.05) is 80.6 Å². The highest BCUT2D eigenvalue weighted by molar-refractivity contribution is 7.92. The minimum absolute atomic E-state index is 0.131. The minimum atomic E-state index is -3.80. The lowest BCUT2D eigenvalue weighted by atomic mass is 9.83. The molecule has 0 aliphatic carbocycles. The molecule has 0 saturated carbocycles. The molecule has 1 amide bonds. The number of hydrogen-bond acceptors (Lipinski definition) is 4. The van der Waals surface area contributed by atoms with Crippen LogP contribution < -0.4 is 14.4 Å². The summed E-state index contributed by atoms with van der Waals surface area (Å²) in [5.74, 6) is 0.643. The molecule has 6 nitrogen and oxygen atoms in total. The van der Waals surface area contributed by atoms with Crippen LogP contribution in [0.1, 0.15) is 60.6 Å². The molecule has 4 aromatic rings. The predicted octanol–water partition coefficient (Wildman–Crippen LogP) is 6.89. The number of fused-ring (bicyclic) bond motifs is 1. The standard InChI is InChI=1S/C33H34N2O4S/c1-3-33(4-2)23-30(29-17-11-12-18-31(29)39-33)34-32(36)26-21-19-25(20-22-26)24-35(27-13-7-5-8-14-27)40(37,38)28-15-9-6-10-16-28/h5-22,30H,3-4,23-24H2,1-2H3,(H,34,36)/t30-/m0/s1. The molecule has 0 spiro atoms. The molecule has 1 heterocycles. The third kappa shape index (κ3) is 5.61. The van der Waals surface area contributed by atoms with E-state index in [9.17, 15) is 13.2 Å². The summed E-state index contributed by atoms with van der Waals surface area (Å²) in [5, 5.41) is 3.22. The Kier molecular flexibility index (Phi) is 7.94. The SMILES string of the molecule is CCC1(CC)C[C@H](NC(=O)c2ccc(CN(c3ccccc3)S(=O)(=O)c3ccccc3)cc2)c2ccccc2O1. The van der Waals surface area contributed by atoms with Crippen LogP contribution in [-0.2, 0) is 16.6 Å². The van der Waals surface area contributed by atoms with Gasteiger partial charge in [-0.15, -0.1) is 0 Å². The second-order valence-electron chi connectivity index (χ2n) is 10.1. The third-order valence-electron chi connectivity index (χ3n) is 7.71. The van der Waals surface area contributed by atoms with Crippen LogP contribution >= 0.6 is 0 Å². The van der Waals surface area contributed by atoms with E-state index in [1.807, 2.05) is 54.6 Å². The van der Waals surface area contributed by atoms with Gasteiger partial charge in [0.25, 0.3) is 15.9 Å². The molecule has 1 N–H and O–H groups in total. The number of carbonyl (C=O) groups excluding carboxylic acids is 1. The molecule has 7 heteroatoms. The van der Waals surface area contributed by atoms with E-state index in [0.717, 1.165) is 29.7 Å². The Morgan fingerprint density at radius 3 is 2.10 bits per heavy atom. The maximum atomic E-state index is 13.6. The van der Waals surface area contributed by atoms with Crippen molar-refractivity contribution in [2.75, 3.05) is 4.31 Å². The molecule has 1 aliphatic rings. The normalized spacial score (nSPS) is 15.9. The first kappa shape index (κ1) is 27.5. The van der Waals surface area contributed by atoms with Crippen molar-refractivity contribution in [1.82, 2.24) is 5.32 Å². The first-order valence-electron chi connectivity index (χ1n) is 13.7. The van der Waals surface area contributed by atoms with Gasteiger partial charge in [0.1, 0.15) is 11.4 Å². The van der Waals surface area contributed by atoms with Gasteiger partial charge in [-0.05, 0) is 60.9 Å². The van der Waals surface area contributed by atoms with E-state index in [-0.39, 0.29) is 29.0 Å². The summed E-state index contributed by atoms with van der Waals surface area (Å²) in [6.07, 6.45) is 2.40. The van der Waals surface area contributed by atoms with Gasteiger partial charge in [0.15, 0.2) is 0 Å². The fourth-order valence-corrected chi connectivity index (χ4v) is 6.70. The maximum Gasteiger partial charge on any atom is 0.264 e. The number of amides is 1. The lowest BCUT2D eigenvalue weighted by molar-refractivity contribution is 0.0227. The van der Waals surface area contributed by atoms with Crippen LogP contribution in [0, 0.1) is 0 Å². The average Bonchev–Trinajstić information content (AvgIpc) is 3.00. The largest absolute Gasteiger partial charge is 0.487 e. The summed E-state index contributed by atoms with van der Waals surface area (Å²) in [6, 6.07) is 32.3. The van der Waals surface area contributed by atoms with Crippen molar-refractivity contribution < 1.29 is 17.9 Å². The molecule has 0 fully saturated rings. The number of nitrogens with zero attached hydrogens (tertiary/aromatic N) is 1. The van der Waals surface area contributed by atoms with Gasteiger partial charge in [0.05, 0.1) is 23.2 Å². The van der Waals surface area contributed by atoms with Gasteiger partial charge < -0.3 is 10.1 Å². The number of hydrogen-bond donors (Lipinski definition) is 1. The fraction of sp³-hybridized carbons (Fsp3) is 0.242. The van der Waals surface area contributed by atoms with Crippen molar-refractivity contribution >= 4 is 21.6 Å². The number of rotatable bonds is 9. The highest BCUT2D eigenvalue weighted by Gasteiger charge is 2.39. The number of ether oxygens (including phenoxy) is 1. The van der Waals surface area contributed by atoms with Crippen LogP contribution in [0.4, 0.5) is 5.69 Å². The summed E-state index contributed by atoms with van der Waals surface area (Å²) < 4.78 is 34.9. The molecule has 0 unspecified atom stereocenters. The number of para-hydroxylation sites is 2. The minimum Gasteiger partial charge on any atom is -0.487 e. The van der Waals surface area contributed by atoms with Crippen LogP contribution in [0.3, 0.4) is 0 Å². The van der Waals surface area contributed by atoms with Crippen LogP contribution in [0.25, 0.3) is 0 Å². The molecule has 0 aromatic heterocycles. The van der Waals surface area contributed by atoms with Crippen molar-refractivity contribution in [3.63, 3.8) is 0 Å². The Morgan fingerprint density at radius 2 is 1.45 bits per heavy atom. The number of sulfonamides is 1. The molecular formula is C33H34N2O4S. The molecule has 40 heavy (non-hydrogen) atoms. The number of benzene rings is 4. The smallest absolute Gasteiger partial charge is 0.264 e. The Hall–Kier alpha value is -4.10. The van der Waals surface area contributed by atoms with Crippen molar-refractivity contribution in [3.8, 4) is 5.75 Å². The van der Waals surface area contributed by atoms with Crippen LogP contribution in [0.2, 0.25) is 0 Å². The van der Waals surface area contributed by atoms with Gasteiger partial charge in [0, 0.05) is 17.5 Å². The van der Waals surface area contributed by atoms with Gasteiger partial charge in [-0.3, -0.25) is 9.10 Å². The molecule has 0 radical (unpaired) electrons.